The molecule has 0 radical (unpaired) electrons. The summed E-state index contributed by atoms with van der Waals surface area (Å²) in [5.74, 6) is 0.287. The van der Waals surface area contributed by atoms with E-state index in [0.29, 0.717) is 21.7 Å². The molecule has 0 saturated carbocycles. The van der Waals surface area contributed by atoms with Gasteiger partial charge in [-0.25, -0.2) is 15.0 Å². The van der Waals surface area contributed by atoms with Gasteiger partial charge >= 0.3 is 0 Å². The summed E-state index contributed by atoms with van der Waals surface area (Å²) in [4.78, 5) is 12.2. The van der Waals surface area contributed by atoms with Crippen molar-refractivity contribution in [1.82, 2.24) is 19.5 Å². The van der Waals surface area contributed by atoms with E-state index in [1.807, 2.05) is 0 Å². The van der Waals surface area contributed by atoms with Crippen LogP contribution in [0.15, 0.2) is 36.9 Å². The molecule has 0 bridgehead atoms. The monoisotopic (exact) mass is 379 g/mol. The van der Waals surface area contributed by atoms with Crippen molar-refractivity contribution in [2.75, 3.05) is 19.5 Å². The van der Waals surface area contributed by atoms with Gasteiger partial charge in [-0.1, -0.05) is 23.7 Å². The lowest BCUT2D eigenvalue weighted by Crippen LogP contribution is -2.21. The highest BCUT2D eigenvalue weighted by molar-refractivity contribution is 6.30. The van der Waals surface area contributed by atoms with Gasteiger partial charge in [-0.3, -0.25) is 4.57 Å². The van der Waals surface area contributed by atoms with Crippen LogP contribution in [0, 0.1) is 0 Å². The third-order valence-corrected chi connectivity index (χ3v) is 4.12. The molecular weight excluding hydrogens is 362 g/mol. The van der Waals surface area contributed by atoms with E-state index in [1.165, 1.54) is 12.7 Å². The Bertz CT molecular complexity index is 873. The molecule has 3 atom stereocenters. The average Bonchev–Trinajstić information content (AvgIpc) is 3.31. The Labute approximate surface area is 154 Å². The molecule has 1 saturated heterocycles. The van der Waals surface area contributed by atoms with Crippen molar-refractivity contribution in [3.63, 3.8) is 0 Å². The number of nitrogens with two attached hydrogens (primary N) is 1. The first-order chi connectivity index (χ1) is 12.6. The summed E-state index contributed by atoms with van der Waals surface area (Å²) < 4.78 is 13.1. The summed E-state index contributed by atoms with van der Waals surface area (Å²) in [5, 5.41) is 18.1. The molecule has 1 fully saturated rings. The maximum Gasteiger partial charge on any atom is 0.247 e. The molecule has 26 heavy (non-hydrogen) atoms. The minimum absolute atomic E-state index is 0.231. The second kappa shape index (κ2) is 7.94. The summed E-state index contributed by atoms with van der Waals surface area (Å²) in [5.41, 5.74) is 7.46. The Morgan fingerprint density at radius 2 is 1.96 bits per heavy atom. The summed E-state index contributed by atoms with van der Waals surface area (Å²) >= 11 is 5.86. The molecule has 1 aliphatic heterocycles. The van der Waals surface area contributed by atoms with Crippen LogP contribution < -0.4 is 5.73 Å². The maximum absolute atomic E-state index is 10.5. The van der Waals surface area contributed by atoms with Crippen LogP contribution >= 0.6 is 11.6 Å². The Hall–Kier alpha value is -2.30. The van der Waals surface area contributed by atoms with Crippen molar-refractivity contribution in [2.24, 2.45) is 0 Å². The van der Waals surface area contributed by atoms with Crippen LogP contribution in [0.25, 0.3) is 11.2 Å². The van der Waals surface area contributed by atoms with Gasteiger partial charge in [-0.15, -0.1) is 0 Å². The van der Waals surface area contributed by atoms with Crippen LogP contribution in [0.4, 0.5) is 5.82 Å². The highest BCUT2D eigenvalue weighted by atomic mass is 35.5. The Balaban J connectivity index is 0.000000948. The lowest BCUT2D eigenvalue weighted by molar-refractivity contribution is -0.127. The van der Waals surface area contributed by atoms with Gasteiger partial charge in [0.15, 0.2) is 11.5 Å². The average molecular weight is 380 g/mol. The number of aromatic nitrogens is 4. The fraction of sp³-hybridized carbons (Fsp3) is 0.312. The van der Waals surface area contributed by atoms with Crippen LogP contribution in [0.2, 0.25) is 5.02 Å². The number of halogens is 1. The zero-order chi connectivity index (χ0) is 18.7. The highest BCUT2D eigenvalue weighted by Gasteiger charge is 2.34. The Morgan fingerprint density at radius 1 is 1.23 bits per heavy atom. The van der Waals surface area contributed by atoms with E-state index in [9.17, 15) is 5.11 Å². The number of fused-ring (bicyclic) bond motifs is 1. The number of imidazole rings is 1. The SMILES string of the molecule is CO.Nc1ncnc2c1ncn2C1OCC(C(O)c2ccc(Cl)cc2)O1. The van der Waals surface area contributed by atoms with Gasteiger partial charge in [0.05, 0.1) is 6.61 Å². The Kier molecular flexibility index (Phi) is 5.64. The first-order valence-corrected chi connectivity index (χ1v) is 8.09. The smallest absolute Gasteiger partial charge is 0.247 e. The second-order valence-corrected chi connectivity index (χ2v) is 5.83. The molecule has 2 aromatic heterocycles. The molecule has 0 spiro atoms. The number of aliphatic hydroxyl groups is 2. The molecule has 4 N–H and O–H groups in total. The number of anilines is 1. The topological polar surface area (TPSA) is 129 Å². The van der Waals surface area contributed by atoms with E-state index < -0.39 is 18.6 Å². The number of hydrogen-bond donors (Lipinski definition) is 3. The van der Waals surface area contributed by atoms with Gasteiger partial charge in [0.25, 0.3) is 0 Å². The number of ether oxygens (including phenoxy) is 2. The van der Waals surface area contributed by atoms with Crippen LogP contribution in [-0.2, 0) is 9.47 Å². The van der Waals surface area contributed by atoms with Crippen LogP contribution in [0.5, 0.6) is 0 Å². The molecule has 3 aromatic rings. The van der Waals surface area contributed by atoms with Crippen molar-refractivity contribution in [2.45, 2.75) is 18.6 Å². The molecule has 138 valence electrons. The fourth-order valence-electron chi connectivity index (χ4n) is 2.62. The fourth-order valence-corrected chi connectivity index (χ4v) is 2.74. The number of rotatable bonds is 3. The van der Waals surface area contributed by atoms with Crippen LogP contribution in [0.3, 0.4) is 0 Å². The Morgan fingerprint density at radius 3 is 2.69 bits per heavy atom. The van der Waals surface area contributed by atoms with Crippen molar-refractivity contribution < 1.29 is 19.7 Å². The lowest BCUT2D eigenvalue weighted by Gasteiger charge is -2.18. The van der Waals surface area contributed by atoms with Crippen molar-refractivity contribution in [3.05, 3.63) is 47.5 Å². The van der Waals surface area contributed by atoms with Crippen molar-refractivity contribution in [3.8, 4) is 0 Å². The number of nitrogen functional groups attached to an aromatic ring is 1. The zero-order valence-corrected chi connectivity index (χ0v) is 14.6. The van der Waals surface area contributed by atoms with Gasteiger partial charge < -0.3 is 25.4 Å². The third kappa shape index (κ3) is 3.48. The largest absolute Gasteiger partial charge is 0.400 e. The maximum atomic E-state index is 10.5. The number of benzene rings is 1. The molecule has 3 unspecified atom stereocenters. The van der Waals surface area contributed by atoms with E-state index in [4.69, 9.17) is 31.9 Å². The number of aliphatic hydroxyl groups excluding tert-OH is 2. The van der Waals surface area contributed by atoms with Crippen molar-refractivity contribution >= 4 is 28.6 Å². The standard InChI is InChI=1S/C15H14ClN5O3.CH4O/c16-9-3-1-8(2-4-9)12(22)10-5-23-15(24-10)21-7-20-11-13(17)18-6-19-14(11)21;1-2/h1-4,6-7,10,12,15,22H,5H2,(H2,17,18,19);2H,1H3. The predicted molar refractivity (Wildman–Crippen MR) is 94.2 cm³/mol. The summed E-state index contributed by atoms with van der Waals surface area (Å²) in [6.45, 7) is 0.231. The van der Waals surface area contributed by atoms with Crippen LogP contribution in [0.1, 0.15) is 18.1 Å². The van der Waals surface area contributed by atoms with E-state index in [1.54, 1.807) is 28.8 Å². The summed E-state index contributed by atoms with van der Waals surface area (Å²) in [7, 11) is 1.00. The molecule has 10 heteroatoms. The van der Waals surface area contributed by atoms with Gasteiger partial charge in [0.1, 0.15) is 30.4 Å². The minimum Gasteiger partial charge on any atom is -0.400 e. The summed E-state index contributed by atoms with van der Waals surface area (Å²) in [6, 6.07) is 6.95. The molecule has 1 aromatic carbocycles. The van der Waals surface area contributed by atoms with E-state index in [-0.39, 0.29) is 12.4 Å². The highest BCUT2D eigenvalue weighted by Crippen LogP contribution is 2.32. The van der Waals surface area contributed by atoms with E-state index in [0.717, 1.165) is 7.11 Å². The number of hydrogen-bond acceptors (Lipinski definition) is 8. The molecule has 1 aliphatic rings. The first-order valence-electron chi connectivity index (χ1n) is 7.72. The molecule has 9 nitrogen and oxygen atoms in total. The van der Waals surface area contributed by atoms with Gasteiger partial charge in [-0.05, 0) is 17.7 Å². The molecule has 3 heterocycles. The summed E-state index contributed by atoms with van der Waals surface area (Å²) in [6.07, 6.45) is 0.785. The van der Waals surface area contributed by atoms with Crippen LogP contribution in [-0.4, -0.2) is 49.6 Å². The predicted octanol–water partition coefficient (Wildman–Crippen LogP) is 1.28. The molecule has 4 rings (SSSR count). The molecule has 0 aliphatic carbocycles. The number of nitrogens with zero attached hydrogens (tertiary/aromatic N) is 4. The van der Waals surface area contributed by atoms with Gasteiger partial charge in [-0.2, -0.15) is 0 Å². The molecular formula is C16H18ClN5O4. The van der Waals surface area contributed by atoms with Gasteiger partial charge in [0, 0.05) is 12.1 Å². The third-order valence-electron chi connectivity index (χ3n) is 3.87. The quantitative estimate of drug-likeness (QED) is 0.620. The lowest BCUT2D eigenvalue weighted by atomic mass is 10.1. The second-order valence-electron chi connectivity index (χ2n) is 5.39. The molecule has 0 amide bonds. The van der Waals surface area contributed by atoms with Gasteiger partial charge in [0.2, 0.25) is 6.41 Å². The minimum atomic E-state index is -0.832. The van der Waals surface area contributed by atoms with E-state index >= 15 is 0 Å². The normalized spacial score (nSPS) is 20.6. The van der Waals surface area contributed by atoms with E-state index in [2.05, 4.69) is 15.0 Å². The zero-order valence-electron chi connectivity index (χ0n) is 13.9. The van der Waals surface area contributed by atoms with Crippen molar-refractivity contribution in [1.29, 1.82) is 0 Å². The first kappa shape index (κ1) is 18.5.